The van der Waals surface area contributed by atoms with Gasteiger partial charge in [-0.2, -0.15) is 5.21 Å². The van der Waals surface area contributed by atoms with Gasteiger partial charge in [-0.1, -0.05) is 5.21 Å². The van der Waals surface area contributed by atoms with E-state index < -0.39 is 0 Å². The number of tetrazole rings is 1. The molecule has 0 bridgehead atoms. The maximum Gasteiger partial charge on any atom is 0.244 e. The summed E-state index contributed by atoms with van der Waals surface area (Å²) in [5, 5.41) is 16.0. The molecule has 2 rings (SSSR count). The van der Waals surface area contributed by atoms with E-state index in [1.807, 2.05) is 0 Å². The number of aromatic amines is 1. The fourth-order valence-electron chi connectivity index (χ4n) is 1.22. The lowest BCUT2D eigenvalue weighted by molar-refractivity contribution is -0.117. The van der Waals surface area contributed by atoms with Crippen LogP contribution in [0.15, 0.2) is 28.9 Å². The van der Waals surface area contributed by atoms with Crippen LogP contribution in [-0.4, -0.2) is 26.5 Å². The Balaban J connectivity index is 1.89. The van der Waals surface area contributed by atoms with Crippen molar-refractivity contribution in [2.75, 3.05) is 0 Å². The van der Waals surface area contributed by atoms with Gasteiger partial charge in [-0.05, 0) is 25.1 Å². The summed E-state index contributed by atoms with van der Waals surface area (Å²) >= 11 is 0. The highest BCUT2D eigenvalue weighted by Gasteiger charge is 2.11. The Hall–Kier alpha value is -2.44. The van der Waals surface area contributed by atoms with Gasteiger partial charge in [0.05, 0.1) is 12.3 Å². The van der Waals surface area contributed by atoms with Crippen LogP contribution in [0.5, 0.6) is 0 Å². The fourth-order valence-corrected chi connectivity index (χ4v) is 1.22. The normalized spacial score (nSPS) is 12.8. The summed E-state index contributed by atoms with van der Waals surface area (Å²) in [6.07, 6.45) is 4.51. The zero-order valence-electron chi connectivity index (χ0n) is 9.12. The molecule has 1 atom stereocenters. The standard InChI is InChI=1S/C10H11N5O2/c1-7(10-12-14-15-13-10)11-9(16)5-4-8-3-2-6-17-8/h2-7H,1H3,(H,11,16)(H,12,13,14,15). The van der Waals surface area contributed by atoms with Crippen molar-refractivity contribution in [3.63, 3.8) is 0 Å². The van der Waals surface area contributed by atoms with Gasteiger partial charge in [-0.3, -0.25) is 4.79 Å². The minimum absolute atomic E-state index is 0.251. The van der Waals surface area contributed by atoms with Gasteiger partial charge in [0.15, 0.2) is 5.82 Å². The van der Waals surface area contributed by atoms with E-state index in [9.17, 15) is 4.79 Å². The summed E-state index contributed by atoms with van der Waals surface area (Å²) in [7, 11) is 0. The molecule has 0 saturated carbocycles. The molecule has 0 spiro atoms. The summed E-state index contributed by atoms with van der Waals surface area (Å²) in [6, 6.07) is 3.20. The zero-order valence-corrected chi connectivity index (χ0v) is 9.12. The van der Waals surface area contributed by atoms with E-state index in [1.165, 1.54) is 6.08 Å². The largest absolute Gasteiger partial charge is 0.465 e. The van der Waals surface area contributed by atoms with Gasteiger partial charge in [0, 0.05) is 6.08 Å². The van der Waals surface area contributed by atoms with Gasteiger partial charge in [0.1, 0.15) is 5.76 Å². The molecular formula is C10H11N5O2. The van der Waals surface area contributed by atoms with Gasteiger partial charge >= 0.3 is 0 Å². The van der Waals surface area contributed by atoms with Crippen molar-refractivity contribution < 1.29 is 9.21 Å². The second-order valence-electron chi connectivity index (χ2n) is 3.35. The molecule has 2 aromatic heterocycles. The maximum atomic E-state index is 11.5. The second-order valence-corrected chi connectivity index (χ2v) is 3.35. The number of furan rings is 1. The van der Waals surface area contributed by atoms with Gasteiger partial charge in [0.2, 0.25) is 5.91 Å². The van der Waals surface area contributed by atoms with Crippen LogP contribution in [-0.2, 0) is 4.79 Å². The SMILES string of the molecule is CC(NC(=O)C=Cc1ccco1)c1nn[nH]n1. The van der Waals surface area contributed by atoms with E-state index in [-0.39, 0.29) is 11.9 Å². The summed E-state index contributed by atoms with van der Waals surface area (Å²) in [6.45, 7) is 1.77. The Labute approximate surface area is 96.9 Å². The second kappa shape index (κ2) is 5.06. The minimum Gasteiger partial charge on any atom is -0.465 e. The Morgan fingerprint density at radius 3 is 3.18 bits per heavy atom. The lowest BCUT2D eigenvalue weighted by Gasteiger charge is -2.06. The number of hydrogen-bond donors (Lipinski definition) is 2. The third kappa shape index (κ3) is 3.00. The topological polar surface area (TPSA) is 96.7 Å². The number of carbonyl (C=O) groups is 1. The van der Waals surface area contributed by atoms with Crippen molar-refractivity contribution in [3.8, 4) is 0 Å². The monoisotopic (exact) mass is 233 g/mol. The third-order valence-electron chi connectivity index (χ3n) is 2.05. The highest BCUT2D eigenvalue weighted by molar-refractivity contribution is 5.91. The van der Waals surface area contributed by atoms with Gasteiger partial charge in [-0.15, -0.1) is 10.2 Å². The number of H-pyrrole nitrogens is 1. The molecule has 17 heavy (non-hydrogen) atoms. The fraction of sp³-hybridized carbons (Fsp3) is 0.200. The number of amides is 1. The first kappa shape index (κ1) is 11.1. The van der Waals surface area contributed by atoms with Gasteiger partial charge in [-0.25, -0.2) is 0 Å². The maximum absolute atomic E-state index is 11.5. The third-order valence-corrected chi connectivity index (χ3v) is 2.05. The Morgan fingerprint density at radius 2 is 2.53 bits per heavy atom. The summed E-state index contributed by atoms with van der Waals surface area (Å²) < 4.78 is 5.05. The minimum atomic E-state index is -0.303. The molecule has 1 amide bonds. The Morgan fingerprint density at radius 1 is 1.65 bits per heavy atom. The van der Waals surface area contributed by atoms with Gasteiger partial charge in [0.25, 0.3) is 0 Å². The van der Waals surface area contributed by atoms with Crippen molar-refractivity contribution in [1.82, 2.24) is 25.9 Å². The predicted octanol–water partition coefficient (Wildman–Crippen LogP) is 0.683. The van der Waals surface area contributed by atoms with Crippen molar-refractivity contribution in [3.05, 3.63) is 36.1 Å². The van der Waals surface area contributed by atoms with Crippen molar-refractivity contribution in [1.29, 1.82) is 0 Å². The number of nitrogens with zero attached hydrogens (tertiary/aromatic N) is 3. The number of nitrogens with one attached hydrogen (secondary N) is 2. The van der Waals surface area contributed by atoms with E-state index in [0.29, 0.717) is 11.6 Å². The molecule has 2 heterocycles. The first-order chi connectivity index (χ1) is 8.25. The van der Waals surface area contributed by atoms with E-state index >= 15 is 0 Å². The van der Waals surface area contributed by atoms with Crippen LogP contribution in [0.25, 0.3) is 6.08 Å². The number of carbonyl (C=O) groups excluding carboxylic acids is 1. The molecule has 7 heteroatoms. The molecule has 0 aliphatic rings. The molecule has 88 valence electrons. The predicted molar refractivity (Wildman–Crippen MR) is 58.5 cm³/mol. The van der Waals surface area contributed by atoms with Gasteiger partial charge < -0.3 is 9.73 Å². The lowest BCUT2D eigenvalue weighted by atomic mass is 10.3. The highest BCUT2D eigenvalue weighted by atomic mass is 16.3. The van der Waals surface area contributed by atoms with E-state index in [0.717, 1.165) is 0 Å². The molecule has 0 aromatic carbocycles. The zero-order chi connectivity index (χ0) is 12.1. The lowest BCUT2D eigenvalue weighted by Crippen LogP contribution is -2.25. The van der Waals surface area contributed by atoms with Crippen LogP contribution in [0.1, 0.15) is 24.6 Å². The smallest absolute Gasteiger partial charge is 0.244 e. The summed E-state index contributed by atoms with van der Waals surface area (Å²) in [5.41, 5.74) is 0. The molecule has 0 radical (unpaired) electrons. The van der Waals surface area contributed by atoms with Crippen LogP contribution in [0, 0.1) is 0 Å². The molecular weight excluding hydrogens is 222 g/mol. The average Bonchev–Trinajstić information content (AvgIpc) is 2.99. The molecule has 0 saturated heterocycles. The van der Waals surface area contributed by atoms with Crippen LogP contribution in [0.2, 0.25) is 0 Å². The molecule has 7 nitrogen and oxygen atoms in total. The number of rotatable bonds is 4. The summed E-state index contributed by atoms with van der Waals surface area (Å²) in [4.78, 5) is 11.5. The van der Waals surface area contributed by atoms with E-state index in [2.05, 4.69) is 25.9 Å². The number of aromatic nitrogens is 4. The van der Waals surface area contributed by atoms with Crippen LogP contribution < -0.4 is 5.32 Å². The van der Waals surface area contributed by atoms with Crippen LogP contribution in [0.4, 0.5) is 0 Å². The Kier molecular flexibility index (Phi) is 3.29. The molecule has 0 fully saturated rings. The quantitative estimate of drug-likeness (QED) is 0.757. The van der Waals surface area contributed by atoms with Crippen LogP contribution in [0.3, 0.4) is 0 Å². The van der Waals surface area contributed by atoms with Crippen molar-refractivity contribution in [2.24, 2.45) is 0 Å². The van der Waals surface area contributed by atoms with E-state index in [1.54, 1.807) is 31.4 Å². The van der Waals surface area contributed by atoms with Crippen molar-refractivity contribution in [2.45, 2.75) is 13.0 Å². The van der Waals surface area contributed by atoms with Crippen molar-refractivity contribution >= 4 is 12.0 Å². The Bertz CT molecular complexity index is 489. The molecule has 2 aromatic rings. The average molecular weight is 233 g/mol. The van der Waals surface area contributed by atoms with Crippen LogP contribution >= 0.6 is 0 Å². The molecule has 0 aliphatic carbocycles. The number of hydrogen-bond acceptors (Lipinski definition) is 5. The summed E-state index contributed by atoms with van der Waals surface area (Å²) in [5.74, 6) is 0.802. The first-order valence-electron chi connectivity index (χ1n) is 5.01. The molecule has 2 N–H and O–H groups in total. The van der Waals surface area contributed by atoms with E-state index in [4.69, 9.17) is 4.42 Å². The molecule has 0 aliphatic heterocycles. The first-order valence-corrected chi connectivity index (χ1v) is 5.01. The highest BCUT2D eigenvalue weighted by Crippen LogP contribution is 2.04. The molecule has 1 unspecified atom stereocenters.